The standard InChI is InChI=1S/C10H14N2O2/c1-7(2)6-14-10(13)9-8(11)4-3-5-12-9/h3-5,7H,6,11H2,1-2H3. The number of hydrogen-bond acceptors (Lipinski definition) is 4. The van der Waals surface area contributed by atoms with Gasteiger partial charge in [0, 0.05) is 6.20 Å². The molecule has 1 rings (SSSR count). The maximum Gasteiger partial charge on any atom is 0.359 e. The number of nitrogens with two attached hydrogens (primary N) is 1. The Morgan fingerprint density at radius 1 is 1.64 bits per heavy atom. The van der Waals surface area contributed by atoms with Crippen LogP contribution >= 0.6 is 0 Å². The Kier molecular flexibility index (Phi) is 3.45. The first kappa shape index (κ1) is 10.5. The molecule has 1 aromatic heterocycles. The van der Waals surface area contributed by atoms with Crippen molar-refractivity contribution in [1.82, 2.24) is 4.98 Å². The van der Waals surface area contributed by atoms with E-state index in [0.29, 0.717) is 18.2 Å². The summed E-state index contributed by atoms with van der Waals surface area (Å²) in [4.78, 5) is 15.3. The van der Waals surface area contributed by atoms with Crippen LogP contribution < -0.4 is 5.73 Å². The second kappa shape index (κ2) is 4.60. The summed E-state index contributed by atoms with van der Waals surface area (Å²) in [6, 6.07) is 3.30. The summed E-state index contributed by atoms with van der Waals surface area (Å²) in [5.41, 5.74) is 6.10. The molecule has 1 aromatic rings. The van der Waals surface area contributed by atoms with E-state index < -0.39 is 5.97 Å². The SMILES string of the molecule is CC(C)COC(=O)c1ncccc1N. The smallest absolute Gasteiger partial charge is 0.359 e. The molecule has 0 saturated carbocycles. The number of nitrogen functional groups attached to an aromatic ring is 1. The van der Waals surface area contributed by atoms with Crippen LogP contribution in [0, 0.1) is 5.92 Å². The highest BCUT2D eigenvalue weighted by atomic mass is 16.5. The molecule has 1 heterocycles. The van der Waals surface area contributed by atoms with Crippen molar-refractivity contribution in [2.75, 3.05) is 12.3 Å². The van der Waals surface area contributed by atoms with E-state index in [2.05, 4.69) is 4.98 Å². The number of aromatic nitrogens is 1. The summed E-state index contributed by atoms with van der Waals surface area (Å²) in [6.07, 6.45) is 1.52. The van der Waals surface area contributed by atoms with E-state index in [-0.39, 0.29) is 5.69 Å². The average Bonchev–Trinajstić information content (AvgIpc) is 2.15. The zero-order valence-electron chi connectivity index (χ0n) is 8.36. The van der Waals surface area contributed by atoms with Crippen LogP contribution in [0.15, 0.2) is 18.3 Å². The fourth-order valence-corrected chi connectivity index (χ4v) is 0.899. The van der Waals surface area contributed by atoms with Gasteiger partial charge in [0.2, 0.25) is 0 Å². The van der Waals surface area contributed by atoms with Crippen molar-refractivity contribution in [2.45, 2.75) is 13.8 Å². The number of hydrogen-bond donors (Lipinski definition) is 1. The van der Waals surface area contributed by atoms with Crippen molar-refractivity contribution in [3.63, 3.8) is 0 Å². The van der Waals surface area contributed by atoms with Gasteiger partial charge in [-0.25, -0.2) is 9.78 Å². The fraction of sp³-hybridized carbons (Fsp3) is 0.400. The number of anilines is 1. The van der Waals surface area contributed by atoms with Gasteiger partial charge in [-0.3, -0.25) is 0 Å². The molecule has 0 fully saturated rings. The molecule has 0 spiro atoms. The maximum absolute atomic E-state index is 11.4. The van der Waals surface area contributed by atoms with Crippen molar-refractivity contribution in [1.29, 1.82) is 0 Å². The van der Waals surface area contributed by atoms with Crippen LogP contribution in [0.4, 0.5) is 5.69 Å². The van der Waals surface area contributed by atoms with E-state index in [0.717, 1.165) is 0 Å². The summed E-state index contributed by atoms with van der Waals surface area (Å²) in [6.45, 7) is 4.32. The van der Waals surface area contributed by atoms with Gasteiger partial charge in [-0.2, -0.15) is 0 Å². The van der Waals surface area contributed by atoms with Crippen LogP contribution in [0.3, 0.4) is 0 Å². The molecule has 4 heteroatoms. The molecule has 76 valence electrons. The van der Waals surface area contributed by atoms with E-state index in [1.807, 2.05) is 13.8 Å². The predicted molar refractivity (Wildman–Crippen MR) is 53.8 cm³/mol. The van der Waals surface area contributed by atoms with Crippen LogP contribution in [-0.4, -0.2) is 17.6 Å². The van der Waals surface area contributed by atoms with Crippen molar-refractivity contribution >= 4 is 11.7 Å². The Labute approximate surface area is 83.1 Å². The second-order valence-corrected chi connectivity index (χ2v) is 3.43. The van der Waals surface area contributed by atoms with E-state index in [1.54, 1.807) is 12.1 Å². The maximum atomic E-state index is 11.4. The van der Waals surface area contributed by atoms with Gasteiger partial charge in [0.05, 0.1) is 12.3 Å². The molecule has 0 amide bonds. The number of rotatable bonds is 3. The van der Waals surface area contributed by atoms with Crippen molar-refractivity contribution < 1.29 is 9.53 Å². The number of pyridine rings is 1. The number of nitrogens with zero attached hydrogens (tertiary/aromatic N) is 1. The lowest BCUT2D eigenvalue weighted by molar-refractivity contribution is 0.0453. The Balaban J connectivity index is 2.65. The molecular formula is C10H14N2O2. The van der Waals surface area contributed by atoms with Gasteiger partial charge in [0.1, 0.15) is 0 Å². The lowest BCUT2D eigenvalue weighted by atomic mass is 10.2. The van der Waals surface area contributed by atoms with E-state index in [1.165, 1.54) is 6.20 Å². The topological polar surface area (TPSA) is 65.2 Å². The highest BCUT2D eigenvalue weighted by Crippen LogP contribution is 2.08. The lowest BCUT2D eigenvalue weighted by Gasteiger charge is -2.07. The molecular weight excluding hydrogens is 180 g/mol. The molecule has 0 radical (unpaired) electrons. The molecule has 0 aromatic carbocycles. The summed E-state index contributed by atoms with van der Waals surface area (Å²) in [5, 5.41) is 0. The first-order chi connectivity index (χ1) is 6.61. The second-order valence-electron chi connectivity index (χ2n) is 3.43. The lowest BCUT2D eigenvalue weighted by Crippen LogP contribution is -2.13. The van der Waals surface area contributed by atoms with Crippen LogP contribution in [0.2, 0.25) is 0 Å². The zero-order chi connectivity index (χ0) is 10.6. The van der Waals surface area contributed by atoms with Gasteiger partial charge in [-0.05, 0) is 18.1 Å². The molecule has 2 N–H and O–H groups in total. The van der Waals surface area contributed by atoms with Gasteiger partial charge in [-0.1, -0.05) is 13.8 Å². The van der Waals surface area contributed by atoms with Crippen molar-refractivity contribution in [3.8, 4) is 0 Å². The molecule has 0 saturated heterocycles. The average molecular weight is 194 g/mol. The molecule has 0 atom stereocenters. The van der Waals surface area contributed by atoms with Crippen molar-refractivity contribution in [2.24, 2.45) is 5.92 Å². The van der Waals surface area contributed by atoms with Gasteiger partial charge in [-0.15, -0.1) is 0 Å². The number of ether oxygens (including phenoxy) is 1. The predicted octanol–water partition coefficient (Wildman–Crippen LogP) is 1.48. The fourth-order valence-electron chi connectivity index (χ4n) is 0.899. The van der Waals surface area contributed by atoms with Gasteiger partial charge >= 0.3 is 5.97 Å². The Morgan fingerprint density at radius 3 is 2.93 bits per heavy atom. The monoisotopic (exact) mass is 194 g/mol. The first-order valence-electron chi connectivity index (χ1n) is 4.49. The van der Waals surface area contributed by atoms with Crippen LogP contribution in [0.1, 0.15) is 24.3 Å². The van der Waals surface area contributed by atoms with E-state index >= 15 is 0 Å². The summed E-state index contributed by atoms with van der Waals surface area (Å²) < 4.78 is 4.99. The first-order valence-corrected chi connectivity index (χ1v) is 4.49. The summed E-state index contributed by atoms with van der Waals surface area (Å²) in [5.74, 6) is -0.152. The molecule has 14 heavy (non-hydrogen) atoms. The molecule has 0 unspecified atom stereocenters. The minimum Gasteiger partial charge on any atom is -0.461 e. The minimum absolute atomic E-state index is 0.188. The number of carbonyl (C=O) groups is 1. The van der Waals surface area contributed by atoms with Crippen LogP contribution in [-0.2, 0) is 4.74 Å². The molecule has 4 nitrogen and oxygen atoms in total. The van der Waals surface area contributed by atoms with Crippen LogP contribution in [0.25, 0.3) is 0 Å². The molecule has 0 bridgehead atoms. The normalized spacial score (nSPS) is 10.2. The Morgan fingerprint density at radius 2 is 2.36 bits per heavy atom. The van der Waals surface area contributed by atoms with Crippen LogP contribution in [0.5, 0.6) is 0 Å². The minimum atomic E-state index is -0.461. The number of carbonyl (C=O) groups excluding carboxylic acids is 1. The molecule has 0 aliphatic carbocycles. The third kappa shape index (κ3) is 2.73. The Bertz CT molecular complexity index is 324. The largest absolute Gasteiger partial charge is 0.461 e. The quantitative estimate of drug-likeness (QED) is 0.740. The highest BCUT2D eigenvalue weighted by Gasteiger charge is 2.12. The third-order valence-electron chi connectivity index (χ3n) is 1.58. The third-order valence-corrected chi connectivity index (χ3v) is 1.58. The number of esters is 1. The zero-order valence-corrected chi connectivity index (χ0v) is 8.36. The highest BCUT2D eigenvalue weighted by molar-refractivity contribution is 5.92. The Hall–Kier alpha value is -1.58. The van der Waals surface area contributed by atoms with Gasteiger partial charge in [0.15, 0.2) is 5.69 Å². The van der Waals surface area contributed by atoms with Gasteiger partial charge < -0.3 is 10.5 Å². The van der Waals surface area contributed by atoms with Crippen molar-refractivity contribution in [3.05, 3.63) is 24.0 Å². The molecule has 0 aliphatic heterocycles. The van der Waals surface area contributed by atoms with Gasteiger partial charge in [0.25, 0.3) is 0 Å². The van der Waals surface area contributed by atoms with E-state index in [4.69, 9.17) is 10.5 Å². The molecule has 0 aliphatic rings. The summed E-state index contributed by atoms with van der Waals surface area (Å²) in [7, 11) is 0. The summed E-state index contributed by atoms with van der Waals surface area (Å²) >= 11 is 0. The van der Waals surface area contributed by atoms with E-state index in [9.17, 15) is 4.79 Å².